The second-order valence-corrected chi connectivity index (χ2v) is 25.6. The average Bonchev–Trinajstić information content (AvgIpc) is 0.779. The molecule has 0 N–H and O–H groups in total. The Hall–Kier alpha value is -7.89. The number of esters is 7. The Labute approximate surface area is 583 Å². The predicted octanol–water partition coefficient (Wildman–Crippen LogP) is 15.4. The van der Waals surface area contributed by atoms with Gasteiger partial charge in [0.15, 0.2) is 0 Å². The fourth-order valence-corrected chi connectivity index (χ4v) is 12.0. The summed E-state index contributed by atoms with van der Waals surface area (Å²) in [5.41, 5.74) is 12.4. The fourth-order valence-electron chi connectivity index (χ4n) is 12.0. The van der Waals surface area contributed by atoms with Crippen molar-refractivity contribution < 1.29 is 85.7 Å². The second-order valence-electron chi connectivity index (χ2n) is 25.6. The van der Waals surface area contributed by atoms with Crippen LogP contribution in [0.3, 0.4) is 0 Å². The van der Waals surface area contributed by atoms with Crippen molar-refractivity contribution in [2.75, 3.05) is 74.2 Å². The highest BCUT2D eigenvalue weighted by molar-refractivity contribution is 5.92. The SMILES string of the molecule is C=C(C)C(=O)OCCCOc1c2cc(CCCCCC)cc1Cc1cc(CCCCCC)cc(c1OCCCOC(=O)CC(=O)OC)Cc1cc(CCCCCC)cc(c1OCCCOC(=O)CC(=O)OC)Cc1cc(CCCCCC)cc(c1OCCCOC(=O)CC(=O)OC)C2. The minimum atomic E-state index is -0.692. The first-order valence-corrected chi connectivity index (χ1v) is 36.1. The van der Waals surface area contributed by atoms with Crippen LogP contribution in [-0.4, -0.2) is 116 Å². The van der Waals surface area contributed by atoms with E-state index >= 15 is 0 Å². The zero-order valence-corrected chi connectivity index (χ0v) is 60.3. The van der Waals surface area contributed by atoms with E-state index in [4.69, 9.17) is 52.1 Å². The van der Waals surface area contributed by atoms with Crippen molar-refractivity contribution in [2.24, 2.45) is 0 Å². The summed E-state index contributed by atoms with van der Waals surface area (Å²) in [5.74, 6) is -1.83. The van der Waals surface area contributed by atoms with E-state index in [9.17, 15) is 33.6 Å². The van der Waals surface area contributed by atoms with Crippen molar-refractivity contribution in [1.82, 2.24) is 0 Å². The molecule has 0 heterocycles. The predicted molar refractivity (Wildman–Crippen MR) is 377 cm³/mol. The number of fused-ring (bicyclic) bond motifs is 8. The van der Waals surface area contributed by atoms with Crippen LogP contribution in [0.5, 0.6) is 23.0 Å². The monoisotopic (exact) mass is 1360 g/mol. The van der Waals surface area contributed by atoms with Crippen molar-refractivity contribution in [3.8, 4) is 23.0 Å². The van der Waals surface area contributed by atoms with Gasteiger partial charge in [-0.15, -0.1) is 0 Å². The Kier molecular flexibility index (Phi) is 38.2. The fraction of sp³-hybridized carbons (Fsp3) is 0.588. The van der Waals surface area contributed by atoms with E-state index in [0.29, 0.717) is 79.9 Å². The zero-order valence-electron chi connectivity index (χ0n) is 60.3. The van der Waals surface area contributed by atoms with E-state index < -0.39 is 61.0 Å². The van der Waals surface area contributed by atoms with Gasteiger partial charge in [-0.05, 0) is 125 Å². The summed E-state index contributed by atoms with van der Waals surface area (Å²) in [7, 11) is 3.68. The number of aryl methyl sites for hydroxylation is 4. The minimum absolute atomic E-state index is 0.00359. The van der Waals surface area contributed by atoms with E-state index in [1.54, 1.807) is 6.92 Å². The number of rotatable bonds is 47. The van der Waals surface area contributed by atoms with Gasteiger partial charge < -0.3 is 52.1 Å². The van der Waals surface area contributed by atoms with Gasteiger partial charge in [0.25, 0.3) is 0 Å². The molecule has 0 unspecified atom stereocenters. The lowest BCUT2D eigenvalue weighted by atomic mass is 9.87. The number of ether oxygens (including phenoxy) is 11. The largest absolute Gasteiger partial charge is 0.493 e. The molecule has 4 aromatic rings. The minimum Gasteiger partial charge on any atom is -0.493 e. The molecule has 0 atom stereocenters. The third-order valence-electron chi connectivity index (χ3n) is 17.1. The third-order valence-corrected chi connectivity index (χ3v) is 17.1. The van der Waals surface area contributed by atoms with Crippen LogP contribution >= 0.6 is 0 Å². The highest BCUT2D eigenvalue weighted by Crippen LogP contribution is 2.42. The van der Waals surface area contributed by atoms with E-state index in [-0.39, 0.29) is 52.9 Å². The number of hydrogen-bond donors (Lipinski definition) is 0. The molecule has 18 nitrogen and oxygen atoms in total. The highest BCUT2D eigenvalue weighted by Gasteiger charge is 2.26. The lowest BCUT2D eigenvalue weighted by Crippen LogP contribution is -2.15. The number of carbonyl (C=O) groups is 7. The Morgan fingerprint density at radius 3 is 0.735 bits per heavy atom. The molecule has 4 aromatic carbocycles. The van der Waals surface area contributed by atoms with Crippen LogP contribution in [0, 0.1) is 0 Å². The number of unbranched alkanes of at least 4 members (excludes halogenated alkanes) is 12. The molecule has 8 bridgehead atoms. The first kappa shape index (κ1) is 80.8. The van der Waals surface area contributed by atoms with Gasteiger partial charge in [-0.3, -0.25) is 28.8 Å². The van der Waals surface area contributed by atoms with E-state index in [0.717, 1.165) is 195 Å². The van der Waals surface area contributed by atoms with E-state index in [1.807, 2.05) is 0 Å². The van der Waals surface area contributed by atoms with Crippen molar-refractivity contribution >= 4 is 41.8 Å². The molecular weight excluding hydrogens is 1250 g/mol. The third kappa shape index (κ3) is 29.7. The Balaban J connectivity index is 1.89. The van der Waals surface area contributed by atoms with Crippen molar-refractivity contribution in [2.45, 2.75) is 234 Å². The van der Waals surface area contributed by atoms with Crippen LogP contribution in [-0.2, 0) is 118 Å². The normalized spacial score (nSPS) is 11.6. The molecule has 1 aliphatic carbocycles. The summed E-state index contributed by atoms with van der Waals surface area (Å²) in [4.78, 5) is 86.9. The van der Waals surface area contributed by atoms with Crippen LogP contribution in [0.2, 0.25) is 0 Å². The summed E-state index contributed by atoms with van der Waals surface area (Å²) < 4.78 is 64.8. The summed E-state index contributed by atoms with van der Waals surface area (Å²) in [6.07, 6.45) is 21.6. The summed E-state index contributed by atoms with van der Waals surface area (Å²) in [6.45, 7) is 15.1. The maximum Gasteiger partial charge on any atom is 0.333 e. The van der Waals surface area contributed by atoms with E-state index in [1.165, 1.54) is 21.3 Å². The highest BCUT2D eigenvalue weighted by atomic mass is 16.6. The molecule has 540 valence electrons. The van der Waals surface area contributed by atoms with Crippen LogP contribution in [0.4, 0.5) is 0 Å². The van der Waals surface area contributed by atoms with E-state index in [2.05, 4.69) is 82.8 Å². The van der Waals surface area contributed by atoms with Gasteiger partial charge in [-0.1, -0.05) is 160 Å². The number of methoxy groups -OCH3 is 3. The lowest BCUT2D eigenvalue weighted by Gasteiger charge is -2.25. The molecule has 0 radical (unpaired) electrons. The lowest BCUT2D eigenvalue weighted by molar-refractivity contribution is -0.155. The maximum atomic E-state index is 12.7. The van der Waals surface area contributed by atoms with Gasteiger partial charge in [0.2, 0.25) is 0 Å². The Morgan fingerprint density at radius 1 is 0.306 bits per heavy atom. The number of hydrogen-bond acceptors (Lipinski definition) is 18. The molecule has 0 amide bonds. The van der Waals surface area contributed by atoms with Gasteiger partial charge in [0.05, 0.1) is 74.2 Å². The summed E-state index contributed by atoms with van der Waals surface area (Å²) >= 11 is 0. The summed E-state index contributed by atoms with van der Waals surface area (Å²) in [6, 6.07) is 18.2. The Bertz CT molecular complexity index is 3020. The molecule has 1 aliphatic rings. The number of carbonyl (C=O) groups excluding carboxylic acids is 7. The Morgan fingerprint density at radius 2 is 0.531 bits per heavy atom. The quantitative estimate of drug-likeness (QED) is 0.0116. The molecular formula is C80H112O18. The maximum absolute atomic E-state index is 12.7. The zero-order chi connectivity index (χ0) is 70.9. The standard InChI is InChI=1S/C80H112O18/c1-10-14-18-22-30-58-42-62-50-64-44-59(31-23-19-15-11-2)46-66(77(64)95-38-27-35-92-74(85)55-71(82)89-8)52-68-48-61(33-25-21-17-13-4)49-69(79(68)97-40-29-41-98-80(87)57(5)6)53-67-47-60(32-24-20-16-12-3)45-65(78(67)96-39-28-36-93-75(86)56-72(83)90-9)51-63(43-58)76(62)94-37-26-34-91-73(84)54-70(81)88-7/h42-49H,5,10-41,50-56H2,1-4,6-9H3. The smallest absolute Gasteiger partial charge is 0.333 e. The van der Waals surface area contributed by atoms with Gasteiger partial charge in [-0.2, -0.15) is 0 Å². The topological polar surface area (TPSA) is 221 Å². The van der Waals surface area contributed by atoms with Gasteiger partial charge in [0.1, 0.15) is 42.3 Å². The number of benzene rings is 4. The summed E-state index contributed by atoms with van der Waals surface area (Å²) in [5, 5.41) is 0. The molecule has 0 saturated heterocycles. The molecule has 0 saturated carbocycles. The van der Waals surface area contributed by atoms with Gasteiger partial charge in [0, 0.05) is 56.9 Å². The first-order chi connectivity index (χ1) is 47.5. The first-order valence-electron chi connectivity index (χ1n) is 36.1. The van der Waals surface area contributed by atoms with Gasteiger partial charge in [-0.25, -0.2) is 4.79 Å². The molecule has 18 heteroatoms. The van der Waals surface area contributed by atoms with Crippen molar-refractivity contribution in [1.29, 1.82) is 0 Å². The van der Waals surface area contributed by atoms with Crippen LogP contribution in [0.15, 0.2) is 60.7 Å². The molecule has 0 aromatic heterocycles. The average molecular weight is 1360 g/mol. The van der Waals surface area contributed by atoms with Crippen LogP contribution in [0.25, 0.3) is 0 Å². The molecule has 0 spiro atoms. The van der Waals surface area contributed by atoms with Crippen LogP contribution in [0.1, 0.15) is 249 Å². The van der Waals surface area contributed by atoms with Gasteiger partial charge >= 0.3 is 41.8 Å². The molecule has 98 heavy (non-hydrogen) atoms. The van der Waals surface area contributed by atoms with Crippen molar-refractivity contribution in [3.63, 3.8) is 0 Å². The van der Waals surface area contributed by atoms with Crippen molar-refractivity contribution in [3.05, 3.63) is 127 Å². The molecule has 5 rings (SSSR count). The second kappa shape index (κ2) is 46.4. The molecule has 0 aliphatic heterocycles. The molecule has 0 fully saturated rings. The van der Waals surface area contributed by atoms with Crippen LogP contribution < -0.4 is 18.9 Å².